The lowest BCUT2D eigenvalue weighted by Gasteiger charge is -2.48. The standard InChI is InChI=1S/C22H32N4O3SSi/c1-21(2)17-14(13-26(21)19(27)16(29-3)15-9-7-12-30-15)18(25-24-17)23-20(28)22(10-8-11-22)31(4,5)6/h7,9,12,16H,8,10-11,13H2,1-6H3,(H2,23,24,25,28). The SMILES string of the molecule is COC(C(=O)N1Cc2c(NC(=O)C3([Si](C)(C)C)CCC3)n[nH]c2C1(C)C)c1cccs1. The molecule has 2 amide bonds. The van der Waals surface area contributed by atoms with Gasteiger partial charge < -0.3 is 15.0 Å². The Balaban J connectivity index is 1.59. The van der Waals surface area contributed by atoms with Crippen LogP contribution in [0, 0.1) is 0 Å². The normalized spacial score (nSPS) is 20.1. The van der Waals surface area contributed by atoms with Gasteiger partial charge in [-0.25, -0.2) is 0 Å². The lowest BCUT2D eigenvalue weighted by atomic mass is 9.83. The van der Waals surface area contributed by atoms with Crippen LogP contribution in [0.2, 0.25) is 24.7 Å². The van der Waals surface area contributed by atoms with Gasteiger partial charge in [0.25, 0.3) is 5.91 Å². The van der Waals surface area contributed by atoms with Gasteiger partial charge in [-0.3, -0.25) is 14.7 Å². The highest BCUT2D eigenvalue weighted by molar-refractivity contribution is 7.10. The minimum absolute atomic E-state index is 0.0863. The number of amides is 2. The van der Waals surface area contributed by atoms with Crippen LogP contribution < -0.4 is 5.32 Å². The van der Waals surface area contributed by atoms with Crippen LogP contribution in [0.15, 0.2) is 17.5 Å². The predicted molar refractivity (Wildman–Crippen MR) is 125 cm³/mol. The molecule has 7 nitrogen and oxygen atoms in total. The molecule has 4 rings (SSSR count). The van der Waals surface area contributed by atoms with Crippen molar-refractivity contribution in [2.75, 3.05) is 12.4 Å². The van der Waals surface area contributed by atoms with Gasteiger partial charge in [0.1, 0.15) is 0 Å². The second-order valence-electron chi connectivity index (χ2n) is 10.2. The molecule has 9 heteroatoms. The Labute approximate surface area is 188 Å². The molecule has 1 aliphatic carbocycles. The monoisotopic (exact) mass is 460 g/mol. The van der Waals surface area contributed by atoms with E-state index in [2.05, 4.69) is 35.2 Å². The molecule has 1 fully saturated rings. The molecule has 31 heavy (non-hydrogen) atoms. The van der Waals surface area contributed by atoms with E-state index in [1.54, 1.807) is 7.11 Å². The molecular formula is C22H32N4O3SSi. The number of rotatable bonds is 6. The van der Waals surface area contributed by atoms with Gasteiger partial charge in [0.05, 0.1) is 25.9 Å². The third kappa shape index (κ3) is 3.37. The highest BCUT2D eigenvalue weighted by Gasteiger charge is 2.54. The number of carbonyl (C=O) groups excluding carboxylic acids is 2. The lowest BCUT2D eigenvalue weighted by molar-refractivity contribution is -0.148. The van der Waals surface area contributed by atoms with Crippen LogP contribution in [0.4, 0.5) is 5.82 Å². The van der Waals surface area contributed by atoms with Gasteiger partial charge >= 0.3 is 0 Å². The van der Waals surface area contributed by atoms with Crippen molar-refractivity contribution < 1.29 is 14.3 Å². The summed E-state index contributed by atoms with van der Waals surface area (Å²) in [6, 6.07) is 3.84. The molecular weight excluding hydrogens is 428 g/mol. The van der Waals surface area contributed by atoms with Crippen molar-refractivity contribution in [3.8, 4) is 0 Å². The average molecular weight is 461 g/mol. The van der Waals surface area contributed by atoms with Crippen LogP contribution in [0.3, 0.4) is 0 Å². The third-order valence-electron chi connectivity index (χ3n) is 7.31. The number of hydrogen-bond acceptors (Lipinski definition) is 5. The van der Waals surface area contributed by atoms with Gasteiger partial charge in [0.15, 0.2) is 11.9 Å². The van der Waals surface area contributed by atoms with E-state index in [0.29, 0.717) is 12.4 Å². The number of methoxy groups -OCH3 is 1. The zero-order valence-electron chi connectivity index (χ0n) is 19.2. The van der Waals surface area contributed by atoms with Gasteiger partial charge in [-0.2, -0.15) is 5.10 Å². The Morgan fingerprint density at radius 2 is 2.03 bits per heavy atom. The summed E-state index contributed by atoms with van der Waals surface area (Å²) in [5.41, 5.74) is 1.18. The van der Waals surface area contributed by atoms with Gasteiger partial charge in [-0.1, -0.05) is 32.1 Å². The smallest absolute Gasteiger partial charge is 0.258 e. The van der Waals surface area contributed by atoms with E-state index in [4.69, 9.17) is 4.74 Å². The fourth-order valence-corrected chi connectivity index (χ4v) is 8.36. The van der Waals surface area contributed by atoms with E-state index in [0.717, 1.165) is 35.4 Å². The highest BCUT2D eigenvalue weighted by Crippen LogP contribution is 2.56. The van der Waals surface area contributed by atoms with Crippen LogP contribution in [0.1, 0.15) is 55.3 Å². The summed E-state index contributed by atoms with van der Waals surface area (Å²) in [5, 5.41) is 12.4. The van der Waals surface area contributed by atoms with E-state index in [1.807, 2.05) is 36.3 Å². The fourth-order valence-electron chi connectivity index (χ4n) is 4.97. The quantitative estimate of drug-likeness (QED) is 0.615. The number of anilines is 1. The first kappa shape index (κ1) is 22.2. The summed E-state index contributed by atoms with van der Waals surface area (Å²) in [7, 11) is -0.125. The molecule has 0 radical (unpaired) electrons. The number of carbonyl (C=O) groups is 2. The highest BCUT2D eigenvalue weighted by atomic mass is 32.1. The lowest BCUT2D eigenvalue weighted by Crippen LogP contribution is -2.52. The van der Waals surface area contributed by atoms with E-state index in [9.17, 15) is 9.59 Å². The largest absolute Gasteiger partial charge is 0.366 e. The van der Waals surface area contributed by atoms with Crippen LogP contribution in [0.25, 0.3) is 0 Å². The fraction of sp³-hybridized carbons (Fsp3) is 0.591. The zero-order valence-corrected chi connectivity index (χ0v) is 21.0. The predicted octanol–water partition coefficient (Wildman–Crippen LogP) is 4.64. The minimum atomic E-state index is -1.69. The number of nitrogens with one attached hydrogen (secondary N) is 2. The number of nitrogens with zero attached hydrogens (tertiary/aromatic N) is 2. The Kier molecular flexibility index (Phi) is 5.42. The Morgan fingerprint density at radius 1 is 1.32 bits per heavy atom. The Hall–Kier alpha value is -1.97. The van der Waals surface area contributed by atoms with Crippen molar-refractivity contribution in [2.45, 2.75) is 76.0 Å². The molecule has 2 N–H and O–H groups in total. The number of thiophene rings is 1. The molecule has 2 aromatic rings. The molecule has 0 bridgehead atoms. The maximum Gasteiger partial charge on any atom is 0.258 e. The maximum atomic E-state index is 13.4. The van der Waals surface area contributed by atoms with Gasteiger partial charge in [-0.15, -0.1) is 11.3 Å². The summed E-state index contributed by atoms with van der Waals surface area (Å²) >= 11 is 1.51. The molecule has 1 aliphatic heterocycles. The van der Waals surface area contributed by atoms with E-state index in [-0.39, 0.29) is 16.9 Å². The Morgan fingerprint density at radius 3 is 2.55 bits per heavy atom. The number of H-pyrrole nitrogens is 1. The minimum Gasteiger partial charge on any atom is -0.366 e. The summed E-state index contributed by atoms with van der Waals surface area (Å²) in [6.45, 7) is 11.2. The first-order valence-electron chi connectivity index (χ1n) is 10.8. The van der Waals surface area contributed by atoms with Crippen LogP contribution in [-0.4, -0.2) is 42.1 Å². The molecule has 3 heterocycles. The second kappa shape index (κ2) is 7.56. The summed E-state index contributed by atoms with van der Waals surface area (Å²) in [5.74, 6) is 0.551. The number of hydrogen-bond donors (Lipinski definition) is 2. The molecule has 1 saturated carbocycles. The van der Waals surface area contributed by atoms with Gasteiger partial charge in [-0.05, 0) is 38.1 Å². The molecule has 1 unspecified atom stereocenters. The Bertz CT molecular complexity index is 989. The van der Waals surface area contributed by atoms with Crippen LogP contribution in [0.5, 0.6) is 0 Å². The molecule has 168 valence electrons. The van der Waals surface area contributed by atoms with E-state index >= 15 is 0 Å². The van der Waals surface area contributed by atoms with Crippen molar-refractivity contribution >= 4 is 37.0 Å². The summed E-state index contributed by atoms with van der Waals surface area (Å²) in [6.07, 6.45) is 2.37. The average Bonchev–Trinajstić information content (AvgIpc) is 3.32. The summed E-state index contributed by atoms with van der Waals surface area (Å²) < 4.78 is 5.56. The summed E-state index contributed by atoms with van der Waals surface area (Å²) in [4.78, 5) is 29.4. The van der Waals surface area contributed by atoms with Crippen molar-refractivity contribution in [1.82, 2.24) is 15.1 Å². The molecule has 2 aromatic heterocycles. The molecule has 2 aliphatic rings. The van der Waals surface area contributed by atoms with Crippen molar-refractivity contribution in [3.63, 3.8) is 0 Å². The molecule has 0 spiro atoms. The van der Waals surface area contributed by atoms with Crippen molar-refractivity contribution in [3.05, 3.63) is 33.6 Å². The van der Waals surface area contributed by atoms with E-state index < -0.39 is 19.7 Å². The second-order valence-corrected chi connectivity index (χ2v) is 16.6. The van der Waals surface area contributed by atoms with Crippen LogP contribution in [-0.2, 0) is 26.4 Å². The number of ether oxygens (including phenoxy) is 1. The molecule has 0 saturated heterocycles. The number of fused-ring (bicyclic) bond motifs is 1. The first-order valence-corrected chi connectivity index (χ1v) is 15.2. The van der Waals surface area contributed by atoms with Crippen LogP contribution >= 0.6 is 11.3 Å². The number of aromatic nitrogens is 2. The van der Waals surface area contributed by atoms with Gasteiger partial charge in [0.2, 0.25) is 5.91 Å². The number of aromatic amines is 1. The first-order chi connectivity index (χ1) is 14.5. The molecule has 1 atom stereocenters. The van der Waals surface area contributed by atoms with E-state index in [1.165, 1.54) is 11.3 Å². The van der Waals surface area contributed by atoms with Gasteiger partial charge in [0, 0.05) is 22.6 Å². The maximum absolute atomic E-state index is 13.4. The van der Waals surface area contributed by atoms with Crippen molar-refractivity contribution in [1.29, 1.82) is 0 Å². The molecule has 0 aromatic carbocycles. The third-order valence-corrected chi connectivity index (χ3v) is 11.8. The zero-order chi connectivity index (χ0) is 22.6. The van der Waals surface area contributed by atoms with Crippen molar-refractivity contribution in [2.24, 2.45) is 0 Å². The topological polar surface area (TPSA) is 87.3 Å².